The zero-order valence-electron chi connectivity index (χ0n) is 15.0. The normalized spacial score (nSPS) is 11.2. The van der Waals surface area contributed by atoms with Gasteiger partial charge in [-0.1, -0.05) is 45.1 Å². The molecule has 128 valence electrons. The van der Waals surface area contributed by atoms with Crippen LogP contribution in [0.25, 0.3) is 0 Å². The molecule has 0 unspecified atom stereocenters. The summed E-state index contributed by atoms with van der Waals surface area (Å²) < 4.78 is 5.38. The maximum atomic E-state index is 11.9. The molecule has 0 heterocycles. The highest BCUT2D eigenvalue weighted by Gasteiger charge is 2.05. The fraction of sp³-hybridized carbons (Fsp3) is 0.550. The van der Waals surface area contributed by atoms with Gasteiger partial charge < -0.3 is 10.1 Å². The summed E-state index contributed by atoms with van der Waals surface area (Å²) in [7, 11) is 1.69. The molecule has 0 bridgehead atoms. The van der Waals surface area contributed by atoms with Crippen LogP contribution in [-0.2, 0) is 17.8 Å². The second-order valence-electron chi connectivity index (χ2n) is 6.19. The van der Waals surface area contributed by atoms with Crippen molar-refractivity contribution < 1.29 is 9.53 Å². The number of unbranched alkanes of at least 4 members (excludes halogenated alkanes) is 2. The van der Waals surface area contributed by atoms with E-state index in [0.29, 0.717) is 18.9 Å². The van der Waals surface area contributed by atoms with Gasteiger partial charge in [-0.15, -0.1) is 0 Å². The minimum Gasteiger partial charge on any atom is -0.496 e. The molecule has 1 N–H and O–H groups in total. The summed E-state index contributed by atoms with van der Waals surface area (Å²) in [6.07, 6.45) is 9.03. The molecule has 1 aromatic rings. The highest BCUT2D eigenvalue weighted by Crippen LogP contribution is 2.20. The Morgan fingerprint density at radius 2 is 2.09 bits per heavy atom. The monoisotopic (exact) mass is 317 g/mol. The molecular formula is C20H31NO2. The van der Waals surface area contributed by atoms with E-state index in [1.54, 1.807) is 7.11 Å². The molecule has 0 aliphatic heterocycles. The first kappa shape index (κ1) is 19.3. The number of rotatable bonds is 10. The van der Waals surface area contributed by atoms with Gasteiger partial charge in [0, 0.05) is 13.0 Å². The van der Waals surface area contributed by atoms with Crippen LogP contribution >= 0.6 is 0 Å². The Hall–Kier alpha value is -1.77. The van der Waals surface area contributed by atoms with E-state index >= 15 is 0 Å². The molecule has 0 aliphatic carbocycles. The molecule has 0 radical (unpaired) electrons. The summed E-state index contributed by atoms with van der Waals surface area (Å²) in [5.74, 6) is 1.63. The van der Waals surface area contributed by atoms with E-state index in [4.69, 9.17) is 4.74 Å². The molecule has 0 aliphatic rings. The maximum absolute atomic E-state index is 11.9. The highest BCUT2D eigenvalue weighted by molar-refractivity contribution is 5.75. The van der Waals surface area contributed by atoms with Crippen molar-refractivity contribution in [3.63, 3.8) is 0 Å². The molecular weight excluding hydrogens is 286 g/mol. The molecule has 0 spiro atoms. The third kappa shape index (κ3) is 7.87. The van der Waals surface area contributed by atoms with Crippen LogP contribution in [0.15, 0.2) is 30.4 Å². The molecule has 0 aromatic heterocycles. The van der Waals surface area contributed by atoms with Crippen molar-refractivity contribution in [1.82, 2.24) is 5.32 Å². The van der Waals surface area contributed by atoms with Gasteiger partial charge in [0.15, 0.2) is 0 Å². The predicted octanol–water partition coefficient (Wildman–Crippen LogP) is 4.65. The third-order valence-corrected chi connectivity index (χ3v) is 3.77. The van der Waals surface area contributed by atoms with Gasteiger partial charge in [0.25, 0.3) is 0 Å². The van der Waals surface area contributed by atoms with Gasteiger partial charge in [-0.25, -0.2) is 0 Å². The standard InChI is InChI=1S/C20H31NO2/c1-5-18-13-12-17(14-19(18)23-4)15-21-20(22)11-9-7-6-8-10-16(2)3/h8,10,12-14,16H,5-7,9,11,15H2,1-4H3,(H,21,22)/b10-8+. The van der Waals surface area contributed by atoms with Crippen LogP contribution in [0.2, 0.25) is 0 Å². The molecule has 0 saturated carbocycles. The minimum absolute atomic E-state index is 0.122. The van der Waals surface area contributed by atoms with Gasteiger partial charge in [0.05, 0.1) is 7.11 Å². The number of ether oxygens (including phenoxy) is 1. The van der Waals surface area contributed by atoms with Crippen LogP contribution in [0.1, 0.15) is 57.6 Å². The number of aryl methyl sites for hydroxylation is 1. The largest absolute Gasteiger partial charge is 0.496 e. The third-order valence-electron chi connectivity index (χ3n) is 3.77. The van der Waals surface area contributed by atoms with Crippen molar-refractivity contribution in [2.45, 2.75) is 59.4 Å². The van der Waals surface area contributed by atoms with Gasteiger partial charge in [-0.3, -0.25) is 4.79 Å². The van der Waals surface area contributed by atoms with Crippen LogP contribution in [0, 0.1) is 5.92 Å². The molecule has 0 saturated heterocycles. The van der Waals surface area contributed by atoms with E-state index in [0.717, 1.165) is 37.0 Å². The summed E-state index contributed by atoms with van der Waals surface area (Å²) in [6.45, 7) is 7.01. The van der Waals surface area contributed by atoms with Crippen LogP contribution < -0.4 is 10.1 Å². The van der Waals surface area contributed by atoms with Crippen molar-refractivity contribution in [3.8, 4) is 5.75 Å². The van der Waals surface area contributed by atoms with Crippen molar-refractivity contribution in [1.29, 1.82) is 0 Å². The maximum Gasteiger partial charge on any atom is 0.220 e. The lowest BCUT2D eigenvalue weighted by molar-refractivity contribution is -0.121. The van der Waals surface area contributed by atoms with Gasteiger partial charge >= 0.3 is 0 Å². The second-order valence-corrected chi connectivity index (χ2v) is 6.19. The summed E-state index contributed by atoms with van der Waals surface area (Å²) in [6, 6.07) is 6.13. The molecule has 3 heteroatoms. The van der Waals surface area contributed by atoms with E-state index in [9.17, 15) is 4.79 Å². The SMILES string of the molecule is CCc1ccc(CNC(=O)CCCC/C=C/C(C)C)cc1OC. The fourth-order valence-corrected chi connectivity index (χ4v) is 2.40. The van der Waals surface area contributed by atoms with E-state index in [1.165, 1.54) is 5.56 Å². The van der Waals surface area contributed by atoms with E-state index in [-0.39, 0.29) is 5.91 Å². The van der Waals surface area contributed by atoms with E-state index in [1.807, 2.05) is 6.07 Å². The Balaban J connectivity index is 2.28. The fourth-order valence-electron chi connectivity index (χ4n) is 2.40. The lowest BCUT2D eigenvalue weighted by Gasteiger charge is -2.10. The Bertz CT molecular complexity index is 506. The average Bonchev–Trinajstić information content (AvgIpc) is 2.55. The number of hydrogen-bond donors (Lipinski definition) is 1. The van der Waals surface area contributed by atoms with E-state index < -0.39 is 0 Å². The van der Waals surface area contributed by atoms with Gasteiger partial charge in [0.1, 0.15) is 5.75 Å². The number of carbonyl (C=O) groups excluding carboxylic acids is 1. The Morgan fingerprint density at radius 3 is 2.74 bits per heavy atom. The number of benzene rings is 1. The lowest BCUT2D eigenvalue weighted by Crippen LogP contribution is -2.22. The first-order valence-electron chi connectivity index (χ1n) is 8.66. The Kier molecular flexibility index (Phi) is 9.11. The molecule has 0 fully saturated rings. The first-order valence-corrected chi connectivity index (χ1v) is 8.66. The molecule has 1 rings (SSSR count). The Morgan fingerprint density at radius 1 is 1.30 bits per heavy atom. The number of nitrogens with one attached hydrogen (secondary N) is 1. The summed E-state index contributed by atoms with van der Waals surface area (Å²) in [4.78, 5) is 11.9. The molecule has 1 amide bonds. The zero-order chi connectivity index (χ0) is 17.1. The smallest absolute Gasteiger partial charge is 0.220 e. The quantitative estimate of drug-likeness (QED) is 0.504. The van der Waals surface area contributed by atoms with Crippen LogP contribution in [0.5, 0.6) is 5.75 Å². The zero-order valence-corrected chi connectivity index (χ0v) is 15.0. The summed E-state index contributed by atoms with van der Waals surface area (Å²) in [5.41, 5.74) is 2.27. The van der Waals surface area contributed by atoms with Crippen molar-refractivity contribution in [2.75, 3.05) is 7.11 Å². The van der Waals surface area contributed by atoms with Gasteiger partial charge in [0.2, 0.25) is 5.91 Å². The summed E-state index contributed by atoms with van der Waals surface area (Å²) in [5, 5.41) is 2.98. The first-order chi connectivity index (χ1) is 11.1. The van der Waals surface area contributed by atoms with Crippen molar-refractivity contribution in [3.05, 3.63) is 41.5 Å². The van der Waals surface area contributed by atoms with Crippen LogP contribution in [-0.4, -0.2) is 13.0 Å². The molecule has 1 aromatic carbocycles. The second kappa shape index (κ2) is 10.9. The number of amides is 1. The topological polar surface area (TPSA) is 38.3 Å². The highest BCUT2D eigenvalue weighted by atomic mass is 16.5. The number of methoxy groups -OCH3 is 1. The van der Waals surface area contributed by atoms with Gasteiger partial charge in [-0.2, -0.15) is 0 Å². The lowest BCUT2D eigenvalue weighted by atomic mass is 10.1. The summed E-state index contributed by atoms with van der Waals surface area (Å²) >= 11 is 0. The molecule has 0 atom stereocenters. The van der Waals surface area contributed by atoms with E-state index in [2.05, 4.69) is 50.4 Å². The average molecular weight is 317 g/mol. The van der Waals surface area contributed by atoms with Crippen LogP contribution in [0.4, 0.5) is 0 Å². The number of hydrogen-bond acceptors (Lipinski definition) is 2. The van der Waals surface area contributed by atoms with Gasteiger partial charge in [-0.05, 0) is 48.8 Å². The molecule has 3 nitrogen and oxygen atoms in total. The Labute approximate surface area is 141 Å². The number of allylic oxidation sites excluding steroid dienone is 2. The molecule has 23 heavy (non-hydrogen) atoms. The van der Waals surface area contributed by atoms with Crippen molar-refractivity contribution in [2.24, 2.45) is 5.92 Å². The predicted molar refractivity (Wildman–Crippen MR) is 96.7 cm³/mol. The van der Waals surface area contributed by atoms with Crippen molar-refractivity contribution >= 4 is 5.91 Å². The minimum atomic E-state index is 0.122. The number of carbonyl (C=O) groups is 1. The van der Waals surface area contributed by atoms with Crippen LogP contribution in [0.3, 0.4) is 0 Å².